The number of nitrogens with zero attached hydrogens (tertiary/aromatic N) is 4. The van der Waals surface area contributed by atoms with Crippen LogP contribution in [-0.2, 0) is 0 Å². The van der Waals surface area contributed by atoms with Gasteiger partial charge in [0.15, 0.2) is 0 Å². The average Bonchev–Trinajstić information content (AvgIpc) is 3.29. The van der Waals surface area contributed by atoms with Gasteiger partial charge in [-0.2, -0.15) is 4.98 Å². The van der Waals surface area contributed by atoms with Crippen molar-refractivity contribution in [1.82, 2.24) is 15.0 Å². The predicted octanol–water partition coefficient (Wildman–Crippen LogP) is 4.33. The van der Waals surface area contributed by atoms with Crippen molar-refractivity contribution in [3.8, 4) is 17.1 Å². The molecule has 160 valence electrons. The van der Waals surface area contributed by atoms with Gasteiger partial charge in [-0.1, -0.05) is 28.9 Å². The fraction of sp³-hybridized carbons (Fsp3) is 0.286. The van der Waals surface area contributed by atoms with Crippen LogP contribution in [-0.4, -0.2) is 46.1 Å². The molecule has 1 saturated heterocycles. The van der Waals surface area contributed by atoms with E-state index in [4.69, 9.17) is 20.9 Å². The third kappa shape index (κ3) is 4.36. The van der Waals surface area contributed by atoms with E-state index in [1.165, 1.54) is 18.2 Å². The molecule has 2 heterocycles. The van der Waals surface area contributed by atoms with Crippen LogP contribution in [0.4, 0.5) is 5.69 Å². The van der Waals surface area contributed by atoms with Crippen LogP contribution in [0.25, 0.3) is 11.4 Å². The van der Waals surface area contributed by atoms with E-state index in [0.29, 0.717) is 30.6 Å². The molecule has 2 aromatic carbocycles. The second-order valence-corrected chi connectivity index (χ2v) is 7.61. The maximum Gasteiger partial charge on any atom is 0.288 e. The molecule has 1 amide bonds. The maximum absolute atomic E-state index is 12.9. The molecule has 0 bridgehead atoms. The van der Waals surface area contributed by atoms with Crippen molar-refractivity contribution in [2.24, 2.45) is 0 Å². The molecule has 1 aliphatic rings. The molecular formula is C21H19ClN4O5. The number of piperidine rings is 1. The van der Waals surface area contributed by atoms with Crippen molar-refractivity contribution in [3.63, 3.8) is 0 Å². The second kappa shape index (κ2) is 8.73. The zero-order valence-corrected chi connectivity index (χ0v) is 17.4. The lowest BCUT2D eigenvalue weighted by Gasteiger charge is -2.31. The van der Waals surface area contributed by atoms with E-state index in [1.807, 2.05) is 24.3 Å². The molecule has 4 rings (SSSR count). The lowest BCUT2D eigenvalue weighted by atomic mass is 9.97. The topological polar surface area (TPSA) is 112 Å². The Hall–Kier alpha value is -3.46. The van der Waals surface area contributed by atoms with Gasteiger partial charge in [0.25, 0.3) is 11.6 Å². The summed E-state index contributed by atoms with van der Waals surface area (Å²) in [6.45, 7) is 0.928. The number of rotatable bonds is 5. The summed E-state index contributed by atoms with van der Waals surface area (Å²) in [4.78, 5) is 29.6. The summed E-state index contributed by atoms with van der Waals surface area (Å²) in [6, 6.07) is 11.4. The number of halogens is 1. The smallest absolute Gasteiger partial charge is 0.288 e. The minimum atomic E-state index is -0.601. The van der Waals surface area contributed by atoms with Gasteiger partial charge in [-0.05, 0) is 37.1 Å². The predicted molar refractivity (Wildman–Crippen MR) is 112 cm³/mol. The number of nitro benzene ring substituents is 1. The minimum absolute atomic E-state index is 0.00555. The molecule has 1 atom stereocenters. The van der Waals surface area contributed by atoms with E-state index < -0.39 is 4.92 Å². The van der Waals surface area contributed by atoms with E-state index in [-0.39, 0.29) is 28.1 Å². The Bertz CT molecular complexity index is 1130. The van der Waals surface area contributed by atoms with Gasteiger partial charge in [-0.25, -0.2) is 0 Å². The van der Waals surface area contributed by atoms with E-state index in [9.17, 15) is 14.9 Å². The Morgan fingerprint density at radius 2 is 2.16 bits per heavy atom. The molecule has 0 N–H and O–H groups in total. The molecule has 1 fully saturated rings. The van der Waals surface area contributed by atoms with Crippen LogP contribution in [0.5, 0.6) is 5.75 Å². The van der Waals surface area contributed by atoms with Gasteiger partial charge in [0, 0.05) is 30.3 Å². The highest BCUT2D eigenvalue weighted by Gasteiger charge is 2.30. The van der Waals surface area contributed by atoms with Crippen molar-refractivity contribution in [1.29, 1.82) is 0 Å². The summed E-state index contributed by atoms with van der Waals surface area (Å²) < 4.78 is 10.7. The number of carbonyl (C=O) groups excluding carboxylic acids is 1. The van der Waals surface area contributed by atoms with Crippen LogP contribution in [0.1, 0.15) is 35.0 Å². The van der Waals surface area contributed by atoms with Crippen LogP contribution in [0.15, 0.2) is 47.0 Å². The average molecular weight is 443 g/mol. The molecule has 3 aromatic rings. The highest BCUT2D eigenvalue weighted by atomic mass is 35.5. The first-order chi connectivity index (χ1) is 15.0. The molecule has 0 saturated carbocycles. The molecule has 10 heteroatoms. The van der Waals surface area contributed by atoms with E-state index in [2.05, 4.69) is 10.1 Å². The van der Waals surface area contributed by atoms with Crippen LogP contribution < -0.4 is 4.74 Å². The highest BCUT2D eigenvalue weighted by Crippen LogP contribution is 2.30. The molecule has 1 aromatic heterocycles. The van der Waals surface area contributed by atoms with Crippen molar-refractivity contribution < 1.29 is 19.0 Å². The third-order valence-corrected chi connectivity index (χ3v) is 5.54. The molecular weight excluding hydrogens is 424 g/mol. The van der Waals surface area contributed by atoms with Crippen molar-refractivity contribution in [2.45, 2.75) is 18.8 Å². The summed E-state index contributed by atoms with van der Waals surface area (Å²) in [5, 5.41) is 15.2. The molecule has 1 aliphatic heterocycles. The number of amides is 1. The van der Waals surface area contributed by atoms with Gasteiger partial charge in [0.05, 0.1) is 18.0 Å². The van der Waals surface area contributed by atoms with Gasteiger partial charge in [0.2, 0.25) is 11.7 Å². The number of likely N-dealkylation sites (tertiary alicyclic amines) is 1. The SMILES string of the molecule is COc1cccc(-c2noc(C3CCCN(C(=O)c4ccc(Cl)c([N+](=O)[O-])c4)C3)n2)c1. The van der Waals surface area contributed by atoms with Gasteiger partial charge in [-0.3, -0.25) is 14.9 Å². The Balaban J connectivity index is 1.51. The number of benzene rings is 2. The quantitative estimate of drug-likeness (QED) is 0.427. The summed E-state index contributed by atoms with van der Waals surface area (Å²) in [7, 11) is 1.59. The zero-order chi connectivity index (χ0) is 22.0. The van der Waals surface area contributed by atoms with Crippen LogP contribution in [0.2, 0.25) is 5.02 Å². The molecule has 9 nitrogen and oxygen atoms in total. The van der Waals surface area contributed by atoms with Gasteiger partial charge >= 0.3 is 0 Å². The molecule has 1 unspecified atom stereocenters. The van der Waals surface area contributed by atoms with E-state index in [1.54, 1.807) is 12.0 Å². The number of hydrogen-bond donors (Lipinski definition) is 0. The summed E-state index contributed by atoms with van der Waals surface area (Å²) in [5.41, 5.74) is 0.701. The molecule has 0 aliphatic carbocycles. The first-order valence-electron chi connectivity index (χ1n) is 9.67. The largest absolute Gasteiger partial charge is 0.497 e. The summed E-state index contributed by atoms with van der Waals surface area (Å²) in [6.07, 6.45) is 1.55. The first-order valence-corrected chi connectivity index (χ1v) is 10.1. The van der Waals surface area contributed by atoms with Crippen molar-refractivity contribution in [2.75, 3.05) is 20.2 Å². The minimum Gasteiger partial charge on any atom is -0.497 e. The summed E-state index contributed by atoms with van der Waals surface area (Å²) in [5.74, 6) is 1.18. The lowest BCUT2D eigenvalue weighted by molar-refractivity contribution is -0.384. The number of hydrogen-bond acceptors (Lipinski definition) is 7. The molecule has 0 radical (unpaired) electrons. The molecule has 0 spiro atoms. The van der Waals surface area contributed by atoms with Crippen LogP contribution in [0, 0.1) is 10.1 Å². The summed E-state index contributed by atoms with van der Waals surface area (Å²) >= 11 is 5.85. The first kappa shape index (κ1) is 20.8. The normalized spacial score (nSPS) is 16.2. The number of methoxy groups -OCH3 is 1. The van der Waals surface area contributed by atoms with Crippen molar-refractivity contribution >= 4 is 23.2 Å². The second-order valence-electron chi connectivity index (χ2n) is 7.20. The fourth-order valence-corrected chi connectivity index (χ4v) is 3.80. The van der Waals surface area contributed by atoms with Gasteiger partial charge in [0.1, 0.15) is 10.8 Å². The molecule has 31 heavy (non-hydrogen) atoms. The zero-order valence-electron chi connectivity index (χ0n) is 16.7. The Morgan fingerprint density at radius 1 is 1.32 bits per heavy atom. The number of carbonyl (C=O) groups is 1. The van der Waals surface area contributed by atoms with Crippen molar-refractivity contribution in [3.05, 3.63) is 69.1 Å². The number of nitro groups is 1. The highest BCUT2D eigenvalue weighted by molar-refractivity contribution is 6.32. The lowest BCUT2D eigenvalue weighted by Crippen LogP contribution is -2.39. The monoisotopic (exact) mass is 442 g/mol. The Kier molecular flexibility index (Phi) is 5.85. The fourth-order valence-electron chi connectivity index (χ4n) is 3.61. The number of aromatic nitrogens is 2. The van der Waals surface area contributed by atoms with Gasteiger partial charge < -0.3 is 14.2 Å². The standard InChI is InChI=1S/C21H19ClN4O5/c1-30-16-6-2-4-13(10-16)19-23-20(31-24-19)15-5-3-9-25(12-15)21(27)14-7-8-17(22)18(11-14)26(28)29/h2,4,6-8,10-11,15H,3,5,9,12H2,1H3. The number of ether oxygens (including phenoxy) is 1. The van der Waals surface area contributed by atoms with Crippen LogP contribution >= 0.6 is 11.6 Å². The third-order valence-electron chi connectivity index (χ3n) is 5.22. The van der Waals surface area contributed by atoms with Crippen LogP contribution in [0.3, 0.4) is 0 Å². The maximum atomic E-state index is 12.9. The van der Waals surface area contributed by atoms with E-state index >= 15 is 0 Å². The van der Waals surface area contributed by atoms with Gasteiger partial charge in [-0.15, -0.1) is 0 Å². The Labute approximate surface area is 182 Å². The van der Waals surface area contributed by atoms with E-state index in [0.717, 1.165) is 18.4 Å². The Morgan fingerprint density at radius 3 is 2.94 bits per heavy atom.